The van der Waals surface area contributed by atoms with Gasteiger partial charge < -0.3 is 10.2 Å². The van der Waals surface area contributed by atoms with Gasteiger partial charge in [-0.15, -0.1) is 0 Å². The molecule has 0 atom stereocenters. The number of benzene rings is 2. The van der Waals surface area contributed by atoms with E-state index in [2.05, 4.69) is 5.32 Å². The summed E-state index contributed by atoms with van der Waals surface area (Å²) < 4.78 is 40.2. The van der Waals surface area contributed by atoms with E-state index in [1.165, 1.54) is 47.8 Å². The number of rotatable bonds is 6. The number of halogens is 2. The number of amides is 2. The Morgan fingerprint density at radius 3 is 2.53 bits per heavy atom. The summed E-state index contributed by atoms with van der Waals surface area (Å²) in [5, 5.41) is 2.54. The van der Waals surface area contributed by atoms with E-state index in [-0.39, 0.29) is 27.7 Å². The Balaban J connectivity index is 1.73. The molecule has 1 fully saturated rings. The van der Waals surface area contributed by atoms with E-state index in [0.29, 0.717) is 13.1 Å². The van der Waals surface area contributed by atoms with Crippen LogP contribution in [0, 0.1) is 5.82 Å². The molecule has 0 aliphatic carbocycles. The second-order valence-electron chi connectivity index (χ2n) is 6.98. The Labute approximate surface area is 179 Å². The SMILES string of the molecule is CN(CC(=O)Nc1cccc(F)c1)C(=O)c1ccc(Cl)c(S(=O)(=O)N2CCCC2)c1. The average molecular weight is 454 g/mol. The van der Waals surface area contributed by atoms with E-state index in [1.54, 1.807) is 0 Å². The first kappa shape index (κ1) is 22.2. The summed E-state index contributed by atoms with van der Waals surface area (Å²) in [5.41, 5.74) is 0.365. The Morgan fingerprint density at radius 2 is 1.87 bits per heavy atom. The van der Waals surface area contributed by atoms with Crippen LogP contribution in [0.3, 0.4) is 0 Å². The predicted octanol–water partition coefficient (Wildman–Crippen LogP) is 2.97. The van der Waals surface area contributed by atoms with Crippen LogP contribution in [-0.4, -0.2) is 56.1 Å². The average Bonchev–Trinajstić information content (AvgIpc) is 3.23. The van der Waals surface area contributed by atoms with E-state index in [0.717, 1.165) is 23.8 Å². The van der Waals surface area contributed by atoms with Crippen molar-refractivity contribution in [2.24, 2.45) is 0 Å². The smallest absolute Gasteiger partial charge is 0.254 e. The van der Waals surface area contributed by atoms with Crippen molar-refractivity contribution in [1.82, 2.24) is 9.21 Å². The molecule has 1 saturated heterocycles. The second-order valence-corrected chi connectivity index (χ2v) is 9.29. The number of sulfonamides is 1. The maximum atomic E-state index is 13.2. The first-order valence-corrected chi connectivity index (χ1v) is 11.1. The highest BCUT2D eigenvalue weighted by Crippen LogP contribution is 2.28. The molecule has 10 heteroatoms. The largest absolute Gasteiger partial charge is 0.332 e. The molecular formula is C20H21ClFN3O4S. The first-order valence-electron chi connectivity index (χ1n) is 9.29. The zero-order chi connectivity index (χ0) is 21.9. The molecule has 2 amide bonds. The van der Waals surface area contributed by atoms with Gasteiger partial charge >= 0.3 is 0 Å². The number of hydrogen-bond donors (Lipinski definition) is 1. The van der Waals surface area contributed by atoms with Crippen LogP contribution in [-0.2, 0) is 14.8 Å². The number of carbonyl (C=O) groups excluding carboxylic acids is 2. The highest BCUT2D eigenvalue weighted by molar-refractivity contribution is 7.89. The third-order valence-corrected chi connectivity index (χ3v) is 7.08. The summed E-state index contributed by atoms with van der Waals surface area (Å²) in [6.45, 7) is 0.528. The fourth-order valence-electron chi connectivity index (χ4n) is 3.18. The molecule has 1 N–H and O–H groups in total. The molecule has 3 rings (SSSR count). The topological polar surface area (TPSA) is 86.8 Å². The number of likely N-dealkylation sites (N-methyl/N-ethyl adjacent to an activating group) is 1. The molecule has 30 heavy (non-hydrogen) atoms. The van der Waals surface area contributed by atoms with Gasteiger partial charge in [0.25, 0.3) is 5.91 Å². The maximum absolute atomic E-state index is 13.2. The molecule has 0 spiro atoms. The normalized spacial score (nSPS) is 14.5. The zero-order valence-electron chi connectivity index (χ0n) is 16.3. The van der Waals surface area contributed by atoms with E-state index in [1.807, 2.05) is 0 Å². The van der Waals surface area contributed by atoms with Crippen molar-refractivity contribution in [3.63, 3.8) is 0 Å². The minimum Gasteiger partial charge on any atom is -0.332 e. The van der Waals surface area contributed by atoms with Gasteiger partial charge in [0, 0.05) is 31.4 Å². The van der Waals surface area contributed by atoms with Crippen molar-refractivity contribution in [1.29, 1.82) is 0 Å². The van der Waals surface area contributed by atoms with Crippen LogP contribution in [0.1, 0.15) is 23.2 Å². The number of carbonyl (C=O) groups is 2. The monoisotopic (exact) mass is 453 g/mol. The fourth-order valence-corrected chi connectivity index (χ4v) is 5.19. The van der Waals surface area contributed by atoms with Crippen molar-refractivity contribution in [3.8, 4) is 0 Å². The summed E-state index contributed by atoms with van der Waals surface area (Å²) in [5.74, 6) is -1.56. The molecule has 2 aromatic carbocycles. The van der Waals surface area contributed by atoms with Crippen LogP contribution in [0.4, 0.5) is 10.1 Å². The van der Waals surface area contributed by atoms with Gasteiger partial charge in [0.1, 0.15) is 10.7 Å². The molecule has 0 aromatic heterocycles. The van der Waals surface area contributed by atoms with Gasteiger partial charge in [-0.2, -0.15) is 4.31 Å². The Morgan fingerprint density at radius 1 is 1.17 bits per heavy atom. The molecule has 0 saturated carbocycles. The van der Waals surface area contributed by atoms with E-state index in [9.17, 15) is 22.4 Å². The molecule has 0 radical (unpaired) electrons. The number of hydrogen-bond acceptors (Lipinski definition) is 4. The number of nitrogens with one attached hydrogen (secondary N) is 1. The van der Waals surface area contributed by atoms with Crippen molar-refractivity contribution < 1.29 is 22.4 Å². The minimum atomic E-state index is -3.80. The predicted molar refractivity (Wildman–Crippen MR) is 111 cm³/mol. The minimum absolute atomic E-state index is 0.0324. The van der Waals surface area contributed by atoms with Gasteiger partial charge in [0.05, 0.1) is 11.6 Å². The Kier molecular flexibility index (Phi) is 6.74. The van der Waals surface area contributed by atoms with Gasteiger partial charge in [-0.3, -0.25) is 9.59 Å². The summed E-state index contributed by atoms with van der Waals surface area (Å²) in [4.78, 5) is 25.9. The van der Waals surface area contributed by atoms with Crippen LogP contribution in [0.25, 0.3) is 0 Å². The molecule has 0 unspecified atom stereocenters. The second kappa shape index (κ2) is 9.11. The lowest BCUT2D eigenvalue weighted by Crippen LogP contribution is -2.35. The quantitative estimate of drug-likeness (QED) is 0.728. The van der Waals surface area contributed by atoms with Crippen molar-refractivity contribution in [3.05, 3.63) is 58.9 Å². The summed E-state index contributed by atoms with van der Waals surface area (Å²) in [6.07, 6.45) is 1.55. The van der Waals surface area contributed by atoms with Gasteiger partial charge in [-0.25, -0.2) is 12.8 Å². The lowest BCUT2D eigenvalue weighted by Gasteiger charge is -2.19. The molecule has 7 nitrogen and oxygen atoms in total. The number of nitrogens with zero attached hydrogens (tertiary/aromatic N) is 2. The van der Waals surface area contributed by atoms with Gasteiger partial charge in [0.15, 0.2) is 0 Å². The summed E-state index contributed by atoms with van der Waals surface area (Å²) >= 11 is 6.11. The van der Waals surface area contributed by atoms with E-state index < -0.39 is 27.7 Å². The molecule has 2 aromatic rings. The lowest BCUT2D eigenvalue weighted by atomic mass is 10.2. The zero-order valence-corrected chi connectivity index (χ0v) is 17.8. The molecule has 1 aliphatic rings. The van der Waals surface area contributed by atoms with Crippen LogP contribution in [0.2, 0.25) is 5.02 Å². The standard InChI is InChI=1S/C20H21ClFN3O4S/c1-24(13-19(26)23-16-6-4-5-15(22)12-16)20(27)14-7-8-17(21)18(11-14)30(28,29)25-9-2-3-10-25/h4-8,11-12H,2-3,9-10,13H2,1H3,(H,23,26). The fraction of sp³-hybridized carbons (Fsp3) is 0.300. The first-order chi connectivity index (χ1) is 14.2. The lowest BCUT2D eigenvalue weighted by molar-refractivity contribution is -0.116. The third kappa shape index (κ3) is 4.97. The van der Waals surface area contributed by atoms with Crippen molar-refractivity contribution >= 4 is 39.1 Å². The highest BCUT2D eigenvalue weighted by Gasteiger charge is 2.30. The molecule has 160 valence electrons. The third-order valence-electron chi connectivity index (χ3n) is 4.70. The van der Waals surface area contributed by atoms with Gasteiger partial charge in [-0.05, 0) is 49.2 Å². The van der Waals surface area contributed by atoms with Gasteiger partial charge in [-0.1, -0.05) is 17.7 Å². The Hall–Kier alpha value is -2.49. The molecule has 1 aliphatic heterocycles. The molecular weight excluding hydrogens is 433 g/mol. The Bertz CT molecular complexity index is 1070. The van der Waals surface area contributed by atoms with Crippen LogP contribution in [0.5, 0.6) is 0 Å². The van der Waals surface area contributed by atoms with Crippen LogP contribution < -0.4 is 5.32 Å². The van der Waals surface area contributed by atoms with Crippen molar-refractivity contribution in [2.45, 2.75) is 17.7 Å². The van der Waals surface area contributed by atoms with Crippen LogP contribution >= 0.6 is 11.6 Å². The molecule has 1 heterocycles. The van der Waals surface area contributed by atoms with E-state index in [4.69, 9.17) is 11.6 Å². The summed E-state index contributed by atoms with van der Waals surface area (Å²) in [6, 6.07) is 9.40. The number of anilines is 1. The highest BCUT2D eigenvalue weighted by atomic mass is 35.5. The van der Waals surface area contributed by atoms with E-state index >= 15 is 0 Å². The van der Waals surface area contributed by atoms with Crippen molar-refractivity contribution in [2.75, 3.05) is 32.0 Å². The van der Waals surface area contributed by atoms with Gasteiger partial charge in [0.2, 0.25) is 15.9 Å². The molecule has 0 bridgehead atoms. The summed E-state index contributed by atoms with van der Waals surface area (Å²) in [7, 11) is -2.39. The maximum Gasteiger partial charge on any atom is 0.254 e. The van der Waals surface area contributed by atoms with Crippen LogP contribution in [0.15, 0.2) is 47.4 Å².